The molecule has 2 aromatic heterocycles. The van der Waals surface area contributed by atoms with Crippen molar-refractivity contribution in [1.82, 2.24) is 14.4 Å². The molecule has 27 heavy (non-hydrogen) atoms. The van der Waals surface area contributed by atoms with Crippen LogP contribution in [0.15, 0.2) is 47.3 Å². The number of aromatic nitrogens is 3. The van der Waals surface area contributed by atoms with Crippen molar-refractivity contribution >= 4 is 22.5 Å². The number of nitrogens with zero attached hydrogens (tertiary/aromatic N) is 2. The van der Waals surface area contributed by atoms with E-state index in [2.05, 4.69) is 9.97 Å². The molecule has 0 spiro atoms. The molecular formula is C20H17N3O4. The minimum Gasteiger partial charge on any atom is -0.496 e. The number of rotatable bonds is 3. The van der Waals surface area contributed by atoms with E-state index < -0.39 is 5.97 Å². The number of carbonyl (C=O) groups is 1. The minimum atomic E-state index is -0.542. The third-order valence-corrected chi connectivity index (χ3v) is 4.51. The second kappa shape index (κ2) is 6.28. The van der Waals surface area contributed by atoms with Crippen LogP contribution in [0.5, 0.6) is 5.75 Å². The number of nitrogens with one attached hydrogen (secondary N) is 1. The molecule has 7 nitrogen and oxygen atoms in total. The first-order chi connectivity index (χ1) is 13.0. The highest BCUT2D eigenvalue weighted by Gasteiger charge is 2.20. The zero-order valence-corrected chi connectivity index (χ0v) is 15.1. The van der Waals surface area contributed by atoms with Crippen molar-refractivity contribution in [2.75, 3.05) is 14.2 Å². The van der Waals surface area contributed by atoms with Gasteiger partial charge in [-0.25, -0.2) is 9.78 Å². The molecule has 0 fully saturated rings. The summed E-state index contributed by atoms with van der Waals surface area (Å²) < 4.78 is 12.0. The molecule has 0 aliphatic rings. The van der Waals surface area contributed by atoms with E-state index in [1.165, 1.54) is 14.2 Å². The van der Waals surface area contributed by atoms with Crippen LogP contribution in [-0.4, -0.2) is 34.6 Å². The maximum Gasteiger partial charge on any atom is 0.341 e. The Balaban J connectivity index is 2.17. The fourth-order valence-corrected chi connectivity index (χ4v) is 3.28. The summed E-state index contributed by atoms with van der Waals surface area (Å²) in [6.45, 7) is 1.79. The number of aromatic amines is 1. The summed E-state index contributed by atoms with van der Waals surface area (Å²) in [5.41, 5.74) is 3.07. The number of hydrogen-bond acceptors (Lipinski definition) is 5. The van der Waals surface area contributed by atoms with Crippen molar-refractivity contribution in [3.63, 3.8) is 0 Å². The number of carbonyl (C=O) groups excluding carboxylic acids is 1. The molecule has 7 heteroatoms. The molecule has 4 aromatic rings. The monoisotopic (exact) mass is 363 g/mol. The van der Waals surface area contributed by atoms with E-state index >= 15 is 0 Å². The number of H-pyrrole nitrogens is 1. The molecule has 0 aliphatic carbocycles. The Morgan fingerprint density at radius 3 is 2.56 bits per heavy atom. The van der Waals surface area contributed by atoms with E-state index in [9.17, 15) is 9.59 Å². The molecule has 0 bridgehead atoms. The summed E-state index contributed by atoms with van der Waals surface area (Å²) >= 11 is 0. The van der Waals surface area contributed by atoms with Crippen LogP contribution in [0.2, 0.25) is 0 Å². The number of aryl methyl sites for hydroxylation is 1. The molecule has 0 radical (unpaired) electrons. The van der Waals surface area contributed by atoms with Gasteiger partial charge in [-0.05, 0) is 13.0 Å². The van der Waals surface area contributed by atoms with Gasteiger partial charge in [0.05, 0.1) is 30.9 Å². The summed E-state index contributed by atoms with van der Waals surface area (Å²) in [5.74, 6) is 0.458. The third-order valence-electron chi connectivity index (χ3n) is 4.51. The van der Waals surface area contributed by atoms with Gasteiger partial charge in [0.15, 0.2) is 0 Å². The zero-order chi connectivity index (χ0) is 19.1. The number of ether oxygens (including phenoxy) is 2. The molecule has 0 aliphatic heterocycles. The molecule has 0 unspecified atom stereocenters. The zero-order valence-electron chi connectivity index (χ0n) is 15.1. The highest BCUT2D eigenvalue weighted by atomic mass is 16.5. The fourth-order valence-electron chi connectivity index (χ4n) is 3.28. The largest absolute Gasteiger partial charge is 0.496 e. The van der Waals surface area contributed by atoms with Crippen molar-refractivity contribution in [2.45, 2.75) is 6.92 Å². The standard InChI is InChI=1S/C20H17N3O4/c1-11-17-19(24)22-14-9-13(20(25)27-3)16(26-2)10-15(14)23(17)18(21-11)12-7-5-4-6-8-12/h4-10H,1-3H3,(H,22,24). The first-order valence-electron chi connectivity index (χ1n) is 8.32. The van der Waals surface area contributed by atoms with E-state index in [1.54, 1.807) is 23.5 Å². The molecule has 0 saturated carbocycles. The lowest BCUT2D eigenvalue weighted by molar-refractivity contribution is 0.0597. The average molecular weight is 363 g/mol. The Bertz CT molecular complexity index is 1240. The molecule has 1 N–H and O–H groups in total. The molecule has 2 aromatic carbocycles. The normalized spacial score (nSPS) is 11.1. The number of methoxy groups -OCH3 is 2. The minimum absolute atomic E-state index is 0.237. The first kappa shape index (κ1) is 16.8. The quantitative estimate of drug-likeness (QED) is 0.566. The topological polar surface area (TPSA) is 85.7 Å². The van der Waals surface area contributed by atoms with Crippen LogP contribution in [-0.2, 0) is 4.74 Å². The first-order valence-corrected chi connectivity index (χ1v) is 8.32. The van der Waals surface area contributed by atoms with Crippen LogP contribution >= 0.6 is 0 Å². The van der Waals surface area contributed by atoms with Gasteiger partial charge >= 0.3 is 5.97 Å². The van der Waals surface area contributed by atoms with Gasteiger partial charge in [-0.2, -0.15) is 0 Å². The lowest BCUT2D eigenvalue weighted by Crippen LogP contribution is -2.13. The summed E-state index contributed by atoms with van der Waals surface area (Å²) in [4.78, 5) is 32.2. The molecule has 4 rings (SSSR count). The van der Waals surface area contributed by atoms with E-state index in [-0.39, 0.29) is 11.1 Å². The van der Waals surface area contributed by atoms with Crippen molar-refractivity contribution in [1.29, 1.82) is 0 Å². The van der Waals surface area contributed by atoms with Gasteiger partial charge in [0.25, 0.3) is 5.56 Å². The maximum atomic E-state index is 12.7. The second-order valence-corrected chi connectivity index (χ2v) is 6.09. The number of esters is 1. The summed E-state index contributed by atoms with van der Waals surface area (Å²) in [5, 5.41) is 0. The second-order valence-electron chi connectivity index (χ2n) is 6.09. The van der Waals surface area contributed by atoms with Crippen LogP contribution in [0.3, 0.4) is 0 Å². The van der Waals surface area contributed by atoms with Crippen molar-refractivity contribution in [3.8, 4) is 17.1 Å². The van der Waals surface area contributed by atoms with Crippen molar-refractivity contribution < 1.29 is 14.3 Å². The van der Waals surface area contributed by atoms with Gasteiger partial charge in [-0.1, -0.05) is 30.3 Å². The van der Waals surface area contributed by atoms with E-state index in [0.29, 0.717) is 33.8 Å². The van der Waals surface area contributed by atoms with E-state index in [1.807, 2.05) is 30.3 Å². The van der Waals surface area contributed by atoms with Crippen molar-refractivity contribution in [3.05, 3.63) is 64.1 Å². The predicted molar refractivity (Wildman–Crippen MR) is 101 cm³/mol. The Morgan fingerprint density at radius 2 is 1.89 bits per heavy atom. The number of benzene rings is 2. The molecule has 0 atom stereocenters. The summed E-state index contributed by atoms with van der Waals surface area (Å²) in [6, 6.07) is 12.9. The van der Waals surface area contributed by atoms with Gasteiger partial charge in [0.2, 0.25) is 0 Å². The lowest BCUT2D eigenvalue weighted by Gasteiger charge is -2.11. The predicted octanol–water partition coefficient (Wildman–Crippen LogP) is 2.95. The van der Waals surface area contributed by atoms with Crippen LogP contribution < -0.4 is 10.3 Å². The number of hydrogen-bond donors (Lipinski definition) is 1. The van der Waals surface area contributed by atoms with Gasteiger partial charge in [0.1, 0.15) is 22.7 Å². The van der Waals surface area contributed by atoms with E-state index in [4.69, 9.17) is 9.47 Å². The van der Waals surface area contributed by atoms with E-state index in [0.717, 1.165) is 5.56 Å². The Labute approximate surface area is 154 Å². The number of imidazole rings is 1. The van der Waals surface area contributed by atoms with Crippen LogP contribution in [0.4, 0.5) is 0 Å². The average Bonchev–Trinajstić information content (AvgIpc) is 3.05. The van der Waals surface area contributed by atoms with Crippen molar-refractivity contribution in [2.24, 2.45) is 0 Å². The summed E-state index contributed by atoms with van der Waals surface area (Å²) in [6.07, 6.45) is 0. The highest BCUT2D eigenvalue weighted by Crippen LogP contribution is 2.29. The van der Waals surface area contributed by atoms with Gasteiger partial charge in [-0.3, -0.25) is 9.20 Å². The highest BCUT2D eigenvalue weighted by molar-refractivity contribution is 5.97. The van der Waals surface area contributed by atoms with Gasteiger partial charge < -0.3 is 14.5 Å². The Morgan fingerprint density at radius 1 is 1.15 bits per heavy atom. The van der Waals surface area contributed by atoms with Crippen LogP contribution in [0.1, 0.15) is 16.1 Å². The van der Waals surface area contributed by atoms with Crippen LogP contribution in [0, 0.1) is 6.92 Å². The van der Waals surface area contributed by atoms with Gasteiger partial charge in [-0.15, -0.1) is 0 Å². The Hall–Kier alpha value is -3.61. The SMILES string of the molecule is COC(=O)c1cc2[nH]c(=O)c3c(C)nc(-c4ccccc4)n3c2cc1OC. The fraction of sp³-hybridized carbons (Fsp3) is 0.150. The number of fused-ring (bicyclic) bond motifs is 3. The van der Waals surface area contributed by atoms with Gasteiger partial charge in [0, 0.05) is 11.6 Å². The smallest absolute Gasteiger partial charge is 0.341 e. The Kier molecular flexibility index (Phi) is 3.92. The lowest BCUT2D eigenvalue weighted by atomic mass is 10.1. The third kappa shape index (κ3) is 2.55. The maximum absolute atomic E-state index is 12.7. The molecular weight excluding hydrogens is 346 g/mol. The van der Waals surface area contributed by atoms with Crippen LogP contribution in [0.25, 0.3) is 27.9 Å². The molecule has 0 amide bonds. The molecule has 136 valence electrons. The molecule has 0 saturated heterocycles. The molecule has 2 heterocycles. The summed E-state index contributed by atoms with van der Waals surface area (Å²) in [7, 11) is 2.78.